The number of aromatic nitrogens is 2. The van der Waals surface area contributed by atoms with Crippen molar-refractivity contribution in [3.8, 4) is 0 Å². The van der Waals surface area contributed by atoms with Crippen molar-refractivity contribution >= 4 is 32.6 Å². The van der Waals surface area contributed by atoms with Crippen LogP contribution in [0.25, 0.3) is 21.3 Å². The van der Waals surface area contributed by atoms with E-state index in [0.29, 0.717) is 0 Å². The molecule has 0 aliphatic heterocycles. The van der Waals surface area contributed by atoms with E-state index in [-0.39, 0.29) is 0 Å². The van der Waals surface area contributed by atoms with Crippen molar-refractivity contribution < 1.29 is 0 Å². The topological polar surface area (TPSA) is 21.1 Å². The molecule has 0 unspecified atom stereocenters. The summed E-state index contributed by atoms with van der Waals surface area (Å²) in [6.07, 6.45) is 0. The molecule has 3 rings (SSSR count). The van der Waals surface area contributed by atoms with Crippen LogP contribution in [0, 0.1) is 13.8 Å². The predicted octanol–water partition coefficient (Wildman–Crippen LogP) is 4.21. The van der Waals surface area contributed by atoms with Crippen LogP contribution in [0.5, 0.6) is 0 Å². The van der Waals surface area contributed by atoms with E-state index in [0.717, 1.165) is 31.2 Å². The minimum Gasteiger partial charge on any atom is -0.330 e. The third-order valence-electron chi connectivity index (χ3n) is 4.19. The van der Waals surface area contributed by atoms with Crippen molar-refractivity contribution in [3.05, 3.63) is 28.8 Å². The van der Waals surface area contributed by atoms with Crippen LogP contribution in [0.4, 0.5) is 0 Å². The van der Waals surface area contributed by atoms with E-state index in [1.54, 1.807) is 0 Å². The van der Waals surface area contributed by atoms with Gasteiger partial charge in [0.15, 0.2) is 0 Å². The molecular weight excluding hydrogens is 278 g/mol. The van der Waals surface area contributed by atoms with Gasteiger partial charge < -0.3 is 9.47 Å². The molecule has 21 heavy (non-hydrogen) atoms. The fourth-order valence-corrected chi connectivity index (χ4v) is 3.93. The minimum atomic E-state index is 1.03. The maximum atomic E-state index is 4.75. The van der Waals surface area contributed by atoms with Crippen LogP contribution in [0.2, 0.25) is 0 Å². The normalized spacial score (nSPS) is 12.0. The number of hydrogen-bond donors (Lipinski definition) is 0. The third-order valence-corrected chi connectivity index (χ3v) is 5.19. The van der Waals surface area contributed by atoms with E-state index >= 15 is 0 Å². The molecule has 2 aromatic heterocycles. The Bertz CT molecular complexity index is 765. The molecule has 4 heteroatoms. The molecule has 0 aliphatic rings. The number of thiazole rings is 1. The van der Waals surface area contributed by atoms with Gasteiger partial charge in [0.1, 0.15) is 10.3 Å². The zero-order chi connectivity index (χ0) is 15.0. The number of nitrogens with zero attached hydrogens (tertiary/aromatic N) is 3. The molecule has 0 atom stereocenters. The third kappa shape index (κ3) is 2.58. The monoisotopic (exact) mass is 301 g/mol. The van der Waals surface area contributed by atoms with Crippen molar-refractivity contribution in [3.63, 3.8) is 0 Å². The fraction of sp³-hybridized carbons (Fsp3) is 0.471. The standard InChI is InChI=1S/C17H23N3S/c1-5-19(6-2)9-10-20-15-8-7-12(3)11-14(15)16-17(20)21-13(4)18-16/h7-8,11H,5-6,9-10H2,1-4H3. The summed E-state index contributed by atoms with van der Waals surface area (Å²) in [5.41, 5.74) is 3.80. The quantitative estimate of drug-likeness (QED) is 0.704. The minimum absolute atomic E-state index is 1.03. The summed E-state index contributed by atoms with van der Waals surface area (Å²) < 4.78 is 2.45. The molecule has 0 saturated heterocycles. The zero-order valence-electron chi connectivity index (χ0n) is 13.3. The zero-order valence-corrected chi connectivity index (χ0v) is 14.1. The second-order valence-electron chi connectivity index (χ2n) is 5.59. The summed E-state index contributed by atoms with van der Waals surface area (Å²) in [6, 6.07) is 6.72. The maximum absolute atomic E-state index is 4.75. The first-order valence-electron chi connectivity index (χ1n) is 7.72. The second-order valence-corrected chi connectivity index (χ2v) is 6.77. The summed E-state index contributed by atoms with van der Waals surface area (Å²) >= 11 is 1.81. The van der Waals surface area contributed by atoms with Gasteiger partial charge in [-0.1, -0.05) is 25.5 Å². The second kappa shape index (κ2) is 5.78. The lowest BCUT2D eigenvalue weighted by atomic mass is 10.2. The highest BCUT2D eigenvalue weighted by Crippen LogP contribution is 2.33. The van der Waals surface area contributed by atoms with Crippen molar-refractivity contribution in [1.29, 1.82) is 0 Å². The van der Waals surface area contributed by atoms with E-state index in [1.165, 1.54) is 26.8 Å². The first-order valence-corrected chi connectivity index (χ1v) is 8.54. The summed E-state index contributed by atoms with van der Waals surface area (Å²) in [5.74, 6) is 0. The number of hydrogen-bond acceptors (Lipinski definition) is 3. The molecule has 1 aromatic carbocycles. The molecule has 0 aliphatic carbocycles. The molecule has 0 fully saturated rings. The van der Waals surface area contributed by atoms with Gasteiger partial charge in [-0.2, -0.15) is 0 Å². The van der Waals surface area contributed by atoms with Gasteiger partial charge in [-0.3, -0.25) is 0 Å². The van der Waals surface area contributed by atoms with Gasteiger partial charge in [-0.25, -0.2) is 4.98 Å². The lowest BCUT2D eigenvalue weighted by molar-refractivity contribution is 0.293. The summed E-state index contributed by atoms with van der Waals surface area (Å²) in [5, 5.41) is 2.45. The van der Waals surface area contributed by atoms with Crippen molar-refractivity contribution in [2.45, 2.75) is 34.2 Å². The Kier molecular flexibility index (Phi) is 4.00. The number of fused-ring (bicyclic) bond motifs is 3. The number of benzene rings is 1. The average molecular weight is 301 g/mol. The molecule has 3 aromatic rings. The summed E-state index contributed by atoms with van der Waals surface area (Å²) in [4.78, 5) is 8.55. The van der Waals surface area contributed by atoms with Crippen molar-refractivity contribution in [2.75, 3.05) is 19.6 Å². The largest absolute Gasteiger partial charge is 0.330 e. The summed E-state index contributed by atoms with van der Waals surface area (Å²) in [7, 11) is 0. The van der Waals surface area contributed by atoms with E-state index in [4.69, 9.17) is 4.98 Å². The highest BCUT2D eigenvalue weighted by molar-refractivity contribution is 7.18. The van der Waals surface area contributed by atoms with E-state index < -0.39 is 0 Å². The van der Waals surface area contributed by atoms with E-state index in [1.807, 2.05) is 11.3 Å². The lowest BCUT2D eigenvalue weighted by Gasteiger charge is -2.18. The highest BCUT2D eigenvalue weighted by Gasteiger charge is 2.15. The van der Waals surface area contributed by atoms with E-state index in [2.05, 4.69) is 55.4 Å². The van der Waals surface area contributed by atoms with Gasteiger partial charge in [0.2, 0.25) is 0 Å². The van der Waals surface area contributed by atoms with Crippen LogP contribution >= 0.6 is 11.3 Å². The Morgan fingerprint density at radius 2 is 1.95 bits per heavy atom. The smallest absolute Gasteiger partial charge is 0.124 e. The molecular formula is C17H23N3S. The fourth-order valence-electron chi connectivity index (χ4n) is 2.96. The lowest BCUT2D eigenvalue weighted by Crippen LogP contribution is -2.26. The molecule has 112 valence electrons. The van der Waals surface area contributed by atoms with Crippen LogP contribution in [0.1, 0.15) is 24.4 Å². The van der Waals surface area contributed by atoms with Gasteiger partial charge in [-0.15, -0.1) is 11.3 Å². The molecule has 2 heterocycles. The van der Waals surface area contributed by atoms with Gasteiger partial charge in [0, 0.05) is 18.5 Å². The molecule has 3 nitrogen and oxygen atoms in total. The van der Waals surface area contributed by atoms with Gasteiger partial charge >= 0.3 is 0 Å². The average Bonchev–Trinajstić information content (AvgIpc) is 2.97. The van der Waals surface area contributed by atoms with Crippen LogP contribution in [-0.2, 0) is 6.54 Å². The molecule has 0 amide bonds. The number of rotatable bonds is 5. The predicted molar refractivity (Wildman–Crippen MR) is 92.4 cm³/mol. The first-order chi connectivity index (χ1) is 10.1. The van der Waals surface area contributed by atoms with Gasteiger partial charge in [0.25, 0.3) is 0 Å². The Morgan fingerprint density at radius 1 is 1.19 bits per heavy atom. The number of aryl methyl sites for hydroxylation is 2. The van der Waals surface area contributed by atoms with Gasteiger partial charge in [0.05, 0.1) is 10.5 Å². The Hall–Kier alpha value is -1.39. The summed E-state index contributed by atoms with van der Waals surface area (Å²) in [6.45, 7) is 13.1. The first kappa shape index (κ1) is 14.5. The van der Waals surface area contributed by atoms with Gasteiger partial charge in [-0.05, 0) is 39.1 Å². The SMILES string of the molecule is CCN(CC)CCn1c2ccc(C)cc2c2nc(C)sc21. The molecule has 0 N–H and O–H groups in total. The Balaban J connectivity index is 2.09. The molecule has 0 saturated carbocycles. The highest BCUT2D eigenvalue weighted by atomic mass is 32.1. The molecule has 0 spiro atoms. The van der Waals surface area contributed by atoms with Crippen LogP contribution in [0.15, 0.2) is 18.2 Å². The van der Waals surface area contributed by atoms with Crippen LogP contribution in [0.3, 0.4) is 0 Å². The van der Waals surface area contributed by atoms with Crippen LogP contribution < -0.4 is 0 Å². The molecule has 0 radical (unpaired) electrons. The molecule has 0 bridgehead atoms. The van der Waals surface area contributed by atoms with E-state index in [9.17, 15) is 0 Å². The maximum Gasteiger partial charge on any atom is 0.124 e. The van der Waals surface area contributed by atoms with Crippen molar-refractivity contribution in [1.82, 2.24) is 14.5 Å². The van der Waals surface area contributed by atoms with Crippen LogP contribution in [-0.4, -0.2) is 34.1 Å². The Labute approximate surface area is 130 Å². The van der Waals surface area contributed by atoms with Crippen molar-refractivity contribution in [2.24, 2.45) is 0 Å². The number of likely N-dealkylation sites (N-methyl/N-ethyl adjacent to an activating group) is 1. The Morgan fingerprint density at radius 3 is 2.67 bits per heavy atom.